The van der Waals surface area contributed by atoms with Gasteiger partial charge in [0, 0.05) is 12.6 Å². The van der Waals surface area contributed by atoms with E-state index in [0.29, 0.717) is 6.04 Å². The average molecular weight is 171 g/mol. The van der Waals surface area contributed by atoms with Crippen LogP contribution in [-0.2, 0) is 9.47 Å². The van der Waals surface area contributed by atoms with Gasteiger partial charge in [-0.2, -0.15) is 0 Å². The molecule has 1 saturated heterocycles. The molecule has 0 aromatic carbocycles. The maximum atomic E-state index is 5.23. The molecule has 12 heavy (non-hydrogen) atoms. The number of nitrogens with one attached hydrogen (secondary N) is 1. The summed E-state index contributed by atoms with van der Waals surface area (Å²) in [6.07, 6.45) is 3.66. The highest BCUT2D eigenvalue weighted by Crippen LogP contribution is 2.02. The standard InChI is InChI=1S/C9H17NO2/c1-2-11-6-3-5-10-9-4-7-12-8-9/h2,9-10H,1,3-8H2. The van der Waals surface area contributed by atoms with Crippen LogP contribution in [0.15, 0.2) is 12.8 Å². The summed E-state index contributed by atoms with van der Waals surface area (Å²) in [5.74, 6) is 0. The van der Waals surface area contributed by atoms with Crippen LogP contribution in [0.1, 0.15) is 12.8 Å². The number of hydrogen-bond donors (Lipinski definition) is 1. The largest absolute Gasteiger partial charge is 0.502 e. The quantitative estimate of drug-likeness (QED) is 0.476. The zero-order chi connectivity index (χ0) is 8.65. The summed E-state index contributed by atoms with van der Waals surface area (Å²) in [6, 6.07) is 0.564. The van der Waals surface area contributed by atoms with E-state index in [0.717, 1.165) is 39.2 Å². The molecule has 70 valence electrons. The Balaban J connectivity index is 1.84. The van der Waals surface area contributed by atoms with Crippen molar-refractivity contribution in [3.05, 3.63) is 12.8 Å². The summed E-state index contributed by atoms with van der Waals surface area (Å²) >= 11 is 0. The van der Waals surface area contributed by atoms with Gasteiger partial charge < -0.3 is 14.8 Å². The van der Waals surface area contributed by atoms with E-state index in [4.69, 9.17) is 9.47 Å². The molecule has 1 aliphatic rings. The molecular weight excluding hydrogens is 154 g/mol. The molecule has 1 heterocycles. The Bertz CT molecular complexity index is 122. The Morgan fingerprint density at radius 1 is 1.67 bits per heavy atom. The van der Waals surface area contributed by atoms with Crippen molar-refractivity contribution in [1.29, 1.82) is 0 Å². The lowest BCUT2D eigenvalue weighted by molar-refractivity contribution is 0.188. The first kappa shape index (κ1) is 9.55. The molecule has 1 N–H and O–H groups in total. The van der Waals surface area contributed by atoms with Crippen molar-refractivity contribution >= 4 is 0 Å². The molecule has 0 radical (unpaired) electrons. The summed E-state index contributed by atoms with van der Waals surface area (Å²) < 4.78 is 10.2. The Morgan fingerprint density at radius 3 is 3.25 bits per heavy atom. The van der Waals surface area contributed by atoms with E-state index in [1.54, 1.807) is 0 Å². The summed E-state index contributed by atoms with van der Waals surface area (Å²) in [5.41, 5.74) is 0. The van der Waals surface area contributed by atoms with Crippen LogP contribution < -0.4 is 5.32 Å². The first-order valence-electron chi connectivity index (χ1n) is 4.47. The second kappa shape index (κ2) is 6.03. The SMILES string of the molecule is C=COCCCNC1CCOC1. The third-order valence-electron chi connectivity index (χ3n) is 1.92. The van der Waals surface area contributed by atoms with Gasteiger partial charge in [0.05, 0.1) is 19.5 Å². The van der Waals surface area contributed by atoms with E-state index < -0.39 is 0 Å². The van der Waals surface area contributed by atoms with Crippen molar-refractivity contribution < 1.29 is 9.47 Å². The second-order valence-electron chi connectivity index (χ2n) is 2.91. The third-order valence-corrected chi connectivity index (χ3v) is 1.92. The first-order chi connectivity index (χ1) is 5.93. The van der Waals surface area contributed by atoms with Crippen LogP contribution in [0.2, 0.25) is 0 Å². The number of ether oxygens (including phenoxy) is 2. The zero-order valence-corrected chi connectivity index (χ0v) is 7.42. The predicted octanol–water partition coefficient (Wildman–Crippen LogP) is 0.915. The molecule has 0 aromatic heterocycles. The van der Waals surface area contributed by atoms with E-state index in [1.165, 1.54) is 6.26 Å². The molecular formula is C9H17NO2. The minimum Gasteiger partial charge on any atom is -0.502 e. The topological polar surface area (TPSA) is 30.5 Å². The molecule has 1 aliphatic heterocycles. The summed E-state index contributed by atoms with van der Waals surface area (Å²) in [6.45, 7) is 7.00. The summed E-state index contributed by atoms with van der Waals surface area (Å²) in [7, 11) is 0. The van der Waals surface area contributed by atoms with Crippen molar-refractivity contribution in [2.45, 2.75) is 18.9 Å². The average Bonchev–Trinajstić information content (AvgIpc) is 2.57. The van der Waals surface area contributed by atoms with Gasteiger partial charge in [-0.05, 0) is 19.4 Å². The van der Waals surface area contributed by atoms with E-state index in [1.807, 2.05) is 0 Å². The third kappa shape index (κ3) is 3.74. The van der Waals surface area contributed by atoms with Gasteiger partial charge in [-0.3, -0.25) is 0 Å². The zero-order valence-electron chi connectivity index (χ0n) is 7.42. The van der Waals surface area contributed by atoms with Crippen LogP contribution in [-0.4, -0.2) is 32.4 Å². The highest BCUT2D eigenvalue weighted by Gasteiger charge is 2.13. The fraction of sp³-hybridized carbons (Fsp3) is 0.778. The van der Waals surface area contributed by atoms with Crippen molar-refractivity contribution in [3.8, 4) is 0 Å². The Hall–Kier alpha value is -0.540. The molecule has 0 aliphatic carbocycles. The Kier molecular flexibility index (Phi) is 4.80. The van der Waals surface area contributed by atoms with Crippen molar-refractivity contribution in [2.24, 2.45) is 0 Å². The summed E-state index contributed by atoms with van der Waals surface area (Å²) in [4.78, 5) is 0. The molecule has 3 nitrogen and oxygen atoms in total. The monoisotopic (exact) mass is 171 g/mol. The molecule has 0 aromatic rings. The minimum atomic E-state index is 0.564. The van der Waals surface area contributed by atoms with Crippen LogP contribution >= 0.6 is 0 Å². The van der Waals surface area contributed by atoms with Crippen molar-refractivity contribution in [3.63, 3.8) is 0 Å². The van der Waals surface area contributed by atoms with Gasteiger partial charge in [-0.15, -0.1) is 0 Å². The Labute approximate surface area is 73.7 Å². The van der Waals surface area contributed by atoms with Gasteiger partial charge in [0.1, 0.15) is 0 Å². The first-order valence-corrected chi connectivity index (χ1v) is 4.47. The Morgan fingerprint density at radius 2 is 2.58 bits per heavy atom. The van der Waals surface area contributed by atoms with Crippen LogP contribution in [0.5, 0.6) is 0 Å². The molecule has 0 spiro atoms. The number of rotatable bonds is 6. The van der Waals surface area contributed by atoms with Gasteiger partial charge in [-0.1, -0.05) is 6.58 Å². The van der Waals surface area contributed by atoms with Crippen LogP contribution in [0.4, 0.5) is 0 Å². The van der Waals surface area contributed by atoms with Gasteiger partial charge in [0.25, 0.3) is 0 Å². The van der Waals surface area contributed by atoms with Crippen LogP contribution in [0.3, 0.4) is 0 Å². The normalized spacial score (nSPS) is 22.5. The number of hydrogen-bond acceptors (Lipinski definition) is 3. The fourth-order valence-corrected chi connectivity index (χ4v) is 1.24. The molecule has 0 bridgehead atoms. The van der Waals surface area contributed by atoms with Gasteiger partial charge in [-0.25, -0.2) is 0 Å². The molecule has 3 heteroatoms. The second-order valence-corrected chi connectivity index (χ2v) is 2.91. The minimum absolute atomic E-state index is 0.564. The maximum absolute atomic E-state index is 5.23. The van der Waals surface area contributed by atoms with Gasteiger partial charge in [0.2, 0.25) is 0 Å². The molecule has 0 amide bonds. The molecule has 1 rings (SSSR count). The van der Waals surface area contributed by atoms with Crippen LogP contribution in [0, 0.1) is 0 Å². The van der Waals surface area contributed by atoms with Gasteiger partial charge >= 0.3 is 0 Å². The van der Waals surface area contributed by atoms with Crippen molar-refractivity contribution in [2.75, 3.05) is 26.4 Å². The lowest BCUT2D eigenvalue weighted by Crippen LogP contribution is -2.30. The van der Waals surface area contributed by atoms with E-state index >= 15 is 0 Å². The van der Waals surface area contributed by atoms with E-state index in [-0.39, 0.29) is 0 Å². The maximum Gasteiger partial charge on any atom is 0.0885 e. The summed E-state index contributed by atoms with van der Waals surface area (Å²) in [5, 5.41) is 3.40. The highest BCUT2D eigenvalue weighted by atomic mass is 16.5. The lowest BCUT2D eigenvalue weighted by Gasteiger charge is -2.09. The molecule has 1 fully saturated rings. The van der Waals surface area contributed by atoms with Crippen molar-refractivity contribution in [1.82, 2.24) is 5.32 Å². The van der Waals surface area contributed by atoms with Crippen LogP contribution in [0.25, 0.3) is 0 Å². The molecule has 1 atom stereocenters. The smallest absolute Gasteiger partial charge is 0.0885 e. The lowest BCUT2D eigenvalue weighted by atomic mass is 10.2. The fourth-order valence-electron chi connectivity index (χ4n) is 1.24. The molecule has 0 saturated carbocycles. The highest BCUT2D eigenvalue weighted by molar-refractivity contribution is 4.70. The molecule has 1 unspecified atom stereocenters. The van der Waals surface area contributed by atoms with E-state index in [2.05, 4.69) is 11.9 Å². The van der Waals surface area contributed by atoms with Gasteiger partial charge in [0.15, 0.2) is 0 Å². The van der Waals surface area contributed by atoms with E-state index in [9.17, 15) is 0 Å². The predicted molar refractivity (Wildman–Crippen MR) is 48.0 cm³/mol.